The summed E-state index contributed by atoms with van der Waals surface area (Å²) in [5, 5.41) is 40.5. The minimum atomic E-state index is -1.70. The van der Waals surface area contributed by atoms with Gasteiger partial charge in [0.2, 0.25) is 0 Å². The van der Waals surface area contributed by atoms with E-state index in [1.54, 1.807) is 47.1 Å². The average molecular weight is 618 g/mol. The van der Waals surface area contributed by atoms with Crippen LogP contribution in [0.2, 0.25) is 0 Å². The summed E-state index contributed by atoms with van der Waals surface area (Å²) in [5.41, 5.74) is 1.60. The number of rotatable bonds is 10. The van der Waals surface area contributed by atoms with Gasteiger partial charge in [0.1, 0.15) is 18.1 Å². The predicted octanol–water partition coefficient (Wildman–Crippen LogP) is 2.72. The van der Waals surface area contributed by atoms with E-state index < -0.39 is 30.3 Å². The Morgan fingerprint density at radius 3 is 2.71 bits per heavy atom. The molecule has 2 amide bonds. The third-order valence-electron chi connectivity index (χ3n) is 7.22. The Hall–Kier alpha value is -5.33. The van der Waals surface area contributed by atoms with Crippen LogP contribution in [0.15, 0.2) is 55.0 Å². The van der Waals surface area contributed by atoms with Gasteiger partial charge in [0.15, 0.2) is 0 Å². The molecule has 14 nitrogen and oxygen atoms in total. The van der Waals surface area contributed by atoms with Crippen molar-refractivity contribution in [3.63, 3.8) is 0 Å². The number of alkyl halides is 1. The van der Waals surface area contributed by atoms with Crippen LogP contribution in [0.3, 0.4) is 0 Å². The van der Waals surface area contributed by atoms with E-state index in [-0.39, 0.29) is 18.2 Å². The second-order valence-electron chi connectivity index (χ2n) is 11.0. The Bertz CT molecular complexity index is 1730. The van der Waals surface area contributed by atoms with Crippen LogP contribution in [0.25, 0.3) is 16.9 Å². The first-order chi connectivity index (χ1) is 21.5. The van der Waals surface area contributed by atoms with Crippen LogP contribution in [-0.4, -0.2) is 92.5 Å². The van der Waals surface area contributed by atoms with Crippen LogP contribution in [-0.2, 0) is 4.74 Å². The lowest BCUT2D eigenvalue weighted by Gasteiger charge is -2.33. The fourth-order valence-corrected chi connectivity index (χ4v) is 4.72. The molecule has 5 rings (SSSR count). The van der Waals surface area contributed by atoms with Crippen molar-refractivity contribution in [2.24, 2.45) is 0 Å². The van der Waals surface area contributed by atoms with E-state index >= 15 is 0 Å². The van der Waals surface area contributed by atoms with E-state index in [0.29, 0.717) is 59.4 Å². The molecule has 1 fully saturated rings. The molecular weight excluding hydrogens is 585 g/mol. The third-order valence-corrected chi connectivity index (χ3v) is 7.22. The molecule has 4 aromatic heterocycles. The predicted molar refractivity (Wildman–Crippen MR) is 162 cm³/mol. The van der Waals surface area contributed by atoms with Gasteiger partial charge in [-0.3, -0.25) is 9.78 Å². The maximum absolute atomic E-state index is 14.4. The van der Waals surface area contributed by atoms with Crippen LogP contribution >= 0.6 is 0 Å². The monoisotopic (exact) mass is 617 g/mol. The maximum Gasteiger partial charge on any atom is 0.404 e. The lowest BCUT2D eigenvalue weighted by atomic mass is 10.0. The summed E-state index contributed by atoms with van der Waals surface area (Å²) >= 11 is 0. The van der Waals surface area contributed by atoms with Gasteiger partial charge in [-0.1, -0.05) is 0 Å². The van der Waals surface area contributed by atoms with E-state index in [0.717, 1.165) is 0 Å². The molecule has 0 bridgehead atoms. The highest BCUT2D eigenvalue weighted by Crippen LogP contribution is 2.28. The normalized spacial score (nSPS) is 15.7. The summed E-state index contributed by atoms with van der Waals surface area (Å²) in [5.74, 6) is 0.0693. The zero-order chi connectivity index (χ0) is 32.1. The number of carboxylic acid groups (broad SMARTS) is 1. The van der Waals surface area contributed by atoms with Gasteiger partial charge in [-0.2, -0.15) is 10.4 Å². The zero-order valence-corrected chi connectivity index (χ0v) is 24.6. The van der Waals surface area contributed by atoms with Gasteiger partial charge < -0.3 is 35.8 Å². The molecule has 0 aliphatic carbocycles. The van der Waals surface area contributed by atoms with Gasteiger partial charge in [0.05, 0.1) is 76.7 Å². The topological polar surface area (TPSA) is 190 Å². The van der Waals surface area contributed by atoms with Gasteiger partial charge in [0, 0.05) is 25.8 Å². The molecule has 1 unspecified atom stereocenters. The number of hydrogen-bond acceptors (Lipinski definition) is 10. The van der Waals surface area contributed by atoms with Gasteiger partial charge >= 0.3 is 6.09 Å². The van der Waals surface area contributed by atoms with Gasteiger partial charge in [-0.15, -0.1) is 0 Å². The Morgan fingerprint density at radius 2 is 2.00 bits per heavy atom. The number of amides is 2. The molecule has 234 valence electrons. The molecule has 1 aliphatic heterocycles. The molecule has 0 aromatic carbocycles. The van der Waals surface area contributed by atoms with Crippen molar-refractivity contribution < 1.29 is 28.9 Å². The molecule has 1 saturated heterocycles. The summed E-state index contributed by atoms with van der Waals surface area (Å²) in [7, 11) is 0. The summed E-state index contributed by atoms with van der Waals surface area (Å²) < 4.78 is 21.7. The van der Waals surface area contributed by atoms with E-state index in [1.165, 1.54) is 26.2 Å². The summed E-state index contributed by atoms with van der Waals surface area (Å²) in [6, 6.07) is 12.6. The molecule has 1 aliphatic rings. The molecule has 5 heterocycles. The number of pyridine rings is 2. The summed E-state index contributed by atoms with van der Waals surface area (Å²) in [6.45, 7) is 3.85. The zero-order valence-electron chi connectivity index (χ0n) is 24.6. The smallest absolute Gasteiger partial charge is 0.404 e. The van der Waals surface area contributed by atoms with Crippen LogP contribution in [0, 0.1) is 11.3 Å². The molecule has 0 radical (unpaired) electrons. The minimum absolute atomic E-state index is 0.133. The first kappa shape index (κ1) is 31.1. The number of fused-ring (bicyclic) bond motifs is 1. The van der Waals surface area contributed by atoms with Gasteiger partial charge in [-0.25, -0.2) is 18.7 Å². The maximum atomic E-state index is 14.4. The second-order valence-corrected chi connectivity index (χ2v) is 11.0. The van der Waals surface area contributed by atoms with E-state index in [4.69, 9.17) is 9.84 Å². The third kappa shape index (κ3) is 7.43. The van der Waals surface area contributed by atoms with Gasteiger partial charge in [-0.05, 0) is 50.2 Å². The van der Waals surface area contributed by atoms with Crippen molar-refractivity contribution >= 4 is 34.7 Å². The van der Waals surface area contributed by atoms with Crippen molar-refractivity contribution in [3.05, 3.63) is 66.1 Å². The number of carbonyl (C=O) groups excluding carboxylic acids is 1. The highest BCUT2D eigenvalue weighted by Gasteiger charge is 2.27. The number of carbonyl (C=O) groups is 2. The number of halogens is 1. The first-order valence-corrected chi connectivity index (χ1v) is 14.1. The van der Waals surface area contributed by atoms with Crippen LogP contribution < -0.4 is 20.9 Å². The fraction of sp³-hybridized carbons (Fsp3) is 0.333. The van der Waals surface area contributed by atoms with E-state index in [1.807, 2.05) is 4.90 Å². The standard InChI is InChI=1S/C30H32FN9O5/c1-30(2,44)26(31)16-35-28(41)22-15-33-24(25-5-4-20-9-18(11-32)12-37-40(20)25)10-23(22)38-19-3-6-27(34-13-19)39-7-8-45-21(17-39)14-36-29(42)43/h3-6,9-10,12-13,15,21,26,36,44H,7-8,14,16-17H2,1-2H3,(H,33,38)(H,35,41)(H,42,43)/t21-,26?/m0/s1. The van der Waals surface area contributed by atoms with Gasteiger partial charge in [0.25, 0.3) is 5.91 Å². The number of nitrogens with zero attached hydrogens (tertiary/aromatic N) is 6. The Kier molecular flexibility index (Phi) is 9.07. The molecule has 2 atom stereocenters. The molecular formula is C30H32FN9O5. The number of ether oxygens (including phenoxy) is 1. The second kappa shape index (κ2) is 13.1. The van der Waals surface area contributed by atoms with Crippen LogP contribution in [0.5, 0.6) is 0 Å². The average Bonchev–Trinajstić information content (AvgIpc) is 3.46. The summed E-state index contributed by atoms with van der Waals surface area (Å²) in [4.78, 5) is 35.1. The first-order valence-electron chi connectivity index (χ1n) is 14.1. The van der Waals surface area contributed by atoms with Crippen molar-refractivity contribution in [1.82, 2.24) is 30.2 Å². The molecule has 0 saturated carbocycles. The number of nitrogens with one attached hydrogen (secondary N) is 3. The number of nitriles is 1. The van der Waals surface area contributed by atoms with Crippen molar-refractivity contribution in [3.8, 4) is 17.5 Å². The van der Waals surface area contributed by atoms with Crippen LogP contribution in [0.1, 0.15) is 29.8 Å². The number of anilines is 3. The molecule has 0 spiro atoms. The number of aromatic nitrogens is 4. The summed E-state index contributed by atoms with van der Waals surface area (Å²) in [6.07, 6.45) is 1.28. The minimum Gasteiger partial charge on any atom is -0.465 e. The number of aliphatic hydroxyl groups is 1. The quantitative estimate of drug-likeness (QED) is 0.176. The van der Waals surface area contributed by atoms with Crippen LogP contribution in [0.4, 0.5) is 26.4 Å². The lowest BCUT2D eigenvalue weighted by molar-refractivity contribution is -0.00178. The molecule has 5 N–H and O–H groups in total. The van der Waals surface area contributed by atoms with Crippen molar-refractivity contribution in [2.75, 3.05) is 43.0 Å². The van der Waals surface area contributed by atoms with Crippen molar-refractivity contribution in [1.29, 1.82) is 5.26 Å². The molecule has 45 heavy (non-hydrogen) atoms. The lowest BCUT2D eigenvalue weighted by Crippen LogP contribution is -2.47. The largest absolute Gasteiger partial charge is 0.465 e. The fourth-order valence-electron chi connectivity index (χ4n) is 4.72. The van der Waals surface area contributed by atoms with E-state index in [2.05, 4.69) is 37.1 Å². The number of morpholine rings is 1. The number of hydrogen-bond donors (Lipinski definition) is 5. The Balaban J connectivity index is 1.40. The highest BCUT2D eigenvalue weighted by molar-refractivity contribution is 6.00. The van der Waals surface area contributed by atoms with Crippen molar-refractivity contribution in [2.45, 2.75) is 31.7 Å². The highest BCUT2D eigenvalue weighted by atomic mass is 19.1. The molecule has 15 heteroatoms. The Labute approximate surface area is 257 Å². The van der Waals surface area contributed by atoms with E-state index in [9.17, 15) is 24.3 Å². The Morgan fingerprint density at radius 1 is 1.18 bits per heavy atom. The molecule has 4 aromatic rings. The SMILES string of the molecule is CC(C)(O)C(F)CNC(=O)c1cnc(-c2ccc3cc(C#N)cnn23)cc1Nc1ccc(N2CCO[C@@H](CNC(=O)O)C2)nc1.